The highest BCUT2D eigenvalue weighted by Crippen LogP contribution is 2.32. The van der Waals surface area contributed by atoms with E-state index in [2.05, 4.69) is 10.2 Å². The molecule has 1 amide bonds. The van der Waals surface area contributed by atoms with Gasteiger partial charge in [-0.1, -0.05) is 0 Å². The van der Waals surface area contributed by atoms with Crippen molar-refractivity contribution in [2.75, 3.05) is 32.1 Å². The molecule has 0 aromatic carbocycles. The van der Waals surface area contributed by atoms with E-state index in [1.54, 1.807) is 0 Å². The van der Waals surface area contributed by atoms with Crippen LogP contribution in [0.5, 0.6) is 0 Å². The van der Waals surface area contributed by atoms with Crippen LogP contribution in [0.4, 0.5) is 5.00 Å². The van der Waals surface area contributed by atoms with Gasteiger partial charge in [0.2, 0.25) is 5.91 Å². The van der Waals surface area contributed by atoms with Crippen molar-refractivity contribution >= 4 is 28.2 Å². The lowest BCUT2D eigenvalue weighted by Crippen LogP contribution is -2.48. The molecule has 0 spiro atoms. The largest absolute Gasteiger partial charge is 0.465 e. The van der Waals surface area contributed by atoms with Crippen molar-refractivity contribution in [3.05, 3.63) is 16.0 Å². The van der Waals surface area contributed by atoms with Gasteiger partial charge in [0.15, 0.2) is 0 Å². The van der Waals surface area contributed by atoms with Crippen LogP contribution in [0.25, 0.3) is 0 Å². The molecule has 1 saturated heterocycles. The highest BCUT2D eigenvalue weighted by atomic mass is 32.1. The number of hydrogen-bond acceptors (Lipinski definition) is 6. The third kappa shape index (κ3) is 4.31. The van der Waals surface area contributed by atoms with E-state index < -0.39 is 5.97 Å². The van der Waals surface area contributed by atoms with Gasteiger partial charge in [0, 0.05) is 18.0 Å². The molecule has 128 valence electrons. The highest BCUT2D eigenvalue weighted by Gasteiger charge is 2.25. The predicted molar refractivity (Wildman–Crippen MR) is 90.2 cm³/mol. The molecule has 0 bridgehead atoms. The van der Waals surface area contributed by atoms with E-state index in [9.17, 15) is 9.59 Å². The molecule has 23 heavy (non-hydrogen) atoms. The fraction of sp³-hybridized carbons (Fsp3) is 0.625. The molecular weight excluding hydrogens is 316 g/mol. The van der Waals surface area contributed by atoms with E-state index in [0.717, 1.165) is 23.5 Å². The van der Waals surface area contributed by atoms with Crippen LogP contribution in [0.3, 0.4) is 0 Å². The van der Waals surface area contributed by atoms with Gasteiger partial charge in [-0.15, -0.1) is 11.3 Å². The van der Waals surface area contributed by atoms with E-state index >= 15 is 0 Å². The molecule has 1 aliphatic rings. The Labute approximate surface area is 140 Å². The Balaban J connectivity index is 2.06. The van der Waals surface area contributed by atoms with Gasteiger partial charge >= 0.3 is 5.97 Å². The van der Waals surface area contributed by atoms with Crippen molar-refractivity contribution in [1.82, 2.24) is 4.90 Å². The Hall–Kier alpha value is -1.44. The lowest BCUT2D eigenvalue weighted by Gasteiger charge is -2.34. The van der Waals surface area contributed by atoms with Crippen molar-refractivity contribution in [3.63, 3.8) is 0 Å². The first kappa shape index (κ1) is 17.9. The second-order valence-corrected chi connectivity index (χ2v) is 7.20. The van der Waals surface area contributed by atoms with Crippen molar-refractivity contribution < 1.29 is 19.1 Å². The first-order valence-corrected chi connectivity index (χ1v) is 8.49. The van der Waals surface area contributed by atoms with Gasteiger partial charge in [0.1, 0.15) is 5.00 Å². The summed E-state index contributed by atoms with van der Waals surface area (Å²) in [5.74, 6) is -0.548. The fourth-order valence-corrected chi connectivity index (χ4v) is 3.91. The van der Waals surface area contributed by atoms with Crippen molar-refractivity contribution in [1.29, 1.82) is 0 Å². The maximum Gasteiger partial charge on any atom is 0.341 e. The van der Waals surface area contributed by atoms with Gasteiger partial charge in [-0.3, -0.25) is 9.69 Å². The molecule has 7 heteroatoms. The van der Waals surface area contributed by atoms with Crippen LogP contribution in [0.15, 0.2) is 0 Å². The number of nitrogens with zero attached hydrogens (tertiary/aromatic N) is 1. The number of hydrogen-bond donors (Lipinski definition) is 1. The van der Waals surface area contributed by atoms with Crippen LogP contribution in [0.2, 0.25) is 0 Å². The monoisotopic (exact) mass is 340 g/mol. The van der Waals surface area contributed by atoms with Crippen molar-refractivity contribution in [2.45, 2.75) is 39.9 Å². The van der Waals surface area contributed by atoms with Gasteiger partial charge in [-0.25, -0.2) is 4.79 Å². The van der Waals surface area contributed by atoms with Crippen LogP contribution in [0.1, 0.15) is 34.6 Å². The maximum absolute atomic E-state index is 12.3. The zero-order chi connectivity index (χ0) is 17.1. The zero-order valence-corrected chi connectivity index (χ0v) is 15.1. The molecule has 1 aliphatic heterocycles. The standard InChI is InChI=1S/C16H24N2O4S/c1-9-6-18(7-10(2)22-9)8-13(19)17-15-14(16(20)21-5)11(3)12(4)23-15/h9-10H,6-8H2,1-5H3,(H,17,19)/t9-,10+. The number of morpholine rings is 1. The summed E-state index contributed by atoms with van der Waals surface area (Å²) in [6.45, 7) is 9.53. The van der Waals surface area contributed by atoms with Crippen LogP contribution >= 0.6 is 11.3 Å². The number of amides is 1. The number of anilines is 1. The van der Waals surface area contributed by atoms with E-state index in [1.807, 2.05) is 27.7 Å². The lowest BCUT2D eigenvalue weighted by molar-refractivity contribution is -0.121. The molecular formula is C16H24N2O4S. The van der Waals surface area contributed by atoms with Crippen LogP contribution in [-0.4, -0.2) is 55.7 Å². The number of thiophene rings is 1. The zero-order valence-electron chi connectivity index (χ0n) is 14.3. The number of aryl methyl sites for hydroxylation is 1. The summed E-state index contributed by atoms with van der Waals surface area (Å²) >= 11 is 1.40. The van der Waals surface area contributed by atoms with Gasteiger partial charge in [-0.2, -0.15) is 0 Å². The maximum atomic E-state index is 12.3. The SMILES string of the molecule is COC(=O)c1c(NC(=O)CN2C[C@@H](C)O[C@@H](C)C2)sc(C)c1C. The van der Waals surface area contributed by atoms with Gasteiger partial charge in [0.25, 0.3) is 0 Å². The number of nitrogens with one attached hydrogen (secondary N) is 1. The smallest absolute Gasteiger partial charge is 0.341 e. The topological polar surface area (TPSA) is 67.9 Å². The lowest BCUT2D eigenvalue weighted by atomic mass is 10.1. The Bertz CT molecular complexity index is 589. The van der Waals surface area contributed by atoms with E-state index in [4.69, 9.17) is 9.47 Å². The summed E-state index contributed by atoms with van der Waals surface area (Å²) in [6, 6.07) is 0. The van der Waals surface area contributed by atoms with Crippen LogP contribution < -0.4 is 5.32 Å². The minimum absolute atomic E-state index is 0.114. The molecule has 1 N–H and O–H groups in total. The minimum Gasteiger partial charge on any atom is -0.465 e. The highest BCUT2D eigenvalue weighted by molar-refractivity contribution is 7.16. The van der Waals surface area contributed by atoms with E-state index in [-0.39, 0.29) is 24.7 Å². The number of carbonyl (C=O) groups excluding carboxylic acids is 2. The van der Waals surface area contributed by atoms with Crippen molar-refractivity contribution in [3.8, 4) is 0 Å². The molecule has 0 aliphatic carbocycles. The summed E-state index contributed by atoms with van der Waals surface area (Å²) < 4.78 is 10.5. The molecule has 0 saturated carbocycles. The normalized spacial score (nSPS) is 22.0. The molecule has 2 heterocycles. The second kappa shape index (κ2) is 7.42. The number of esters is 1. The van der Waals surface area contributed by atoms with E-state index in [1.165, 1.54) is 18.4 Å². The molecule has 1 aromatic rings. The first-order chi connectivity index (χ1) is 10.8. The van der Waals surface area contributed by atoms with Crippen molar-refractivity contribution in [2.24, 2.45) is 0 Å². The average Bonchev–Trinajstić information content (AvgIpc) is 2.71. The number of carbonyl (C=O) groups is 2. The van der Waals surface area contributed by atoms with Gasteiger partial charge < -0.3 is 14.8 Å². The van der Waals surface area contributed by atoms with Crippen LogP contribution in [0, 0.1) is 13.8 Å². The fourth-order valence-electron chi connectivity index (χ4n) is 2.85. The summed E-state index contributed by atoms with van der Waals surface area (Å²) in [6.07, 6.45) is 0.229. The quantitative estimate of drug-likeness (QED) is 0.851. The Morgan fingerprint density at radius 1 is 1.30 bits per heavy atom. The molecule has 2 rings (SSSR count). The van der Waals surface area contributed by atoms with Crippen LogP contribution in [-0.2, 0) is 14.3 Å². The summed E-state index contributed by atoms with van der Waals surface area (Å²) in [5, 5.41) is 3.42. The number of methoxy groups -OCH3 is 1. The van der Waals surface area contributed by atoms with Gasteiger partial charge in [-0.05, 0) is 33.3 Å². The van der Waals surface area contributed by atoms with Gasteiger partial charge in [0.05, 0.1) is 31.4 Å². The molecule has 0 radical (unpaired) electrons. The summed E-state index contributed by atoms with van der Waals surface area (Å²) in [4.78, 5) is 27.3. The minimum atomic E-state index is -0.421. The molecule has 1 fully saturated rings. The predicted octanol–water partition coefficient (Wildman–Crippen LogP) is 2.20. The number of ether oxygens (including phenoxy) is 2. The Morgan fingerprint density at radius 3 is 2.48 bits per heavy atom. The summed E-state index contributed by atoms with van der Waals surface area (Å²) in [7, 11) is 1.34. The summed E-state index contributed by atoms with van der Waals surface area (Å²) in [5.41, 5.74) is 1.30. The first-order valence-electron chi connectivity index (χ1n) is 7.67. The average molecular weight is 340 g/mol. The Morgan fingerprint density at radius 2 is 1.91 bits per heavy atom. The molecule has 6 nitrogen and oxygen atoms in total. The third-order valence-corrected chi connectivity index (χ3v) is 5.01. The molecule has 1 aromatic heterocycles. The number of rotatable bonds is 4. The third-order valence-electron chi connectivity index (χ3n) is 3.89. The second-order valence-electron chi connectivity index (χ2n) is 5.98. The Kier molecular flexibility index (Phi) is 5.78. The molecule has 2 atom stereocenters. The molecule has 0 unspecified atom stereocenters. The van der Waals surface area contributed by atoms with E-state index in [0.29, 0.717) is 10.6 Å².